The summed E-state index contributed by atoms with van der Waals surface area (Å²) in [5.41, 5.74) is -2.35. The molecule has 0 aliphatic carbocycles. The van der Waals surface area contributed by atoms with E-state index in [-0.39, 0.29) is 31.5 Å². The minimum absolute atomic E-state index is 0.0987. The van der Waals surface area contributed by atoms with E-state index in [1.54, 1.807) is 0 Å². The van der Waals surface area contributed by atoms with Gasteiger partial charge < -0.3 is 19.7 Å². The Hall–Kier alpha value is -3.43. The van der Waals surface area contributed by atoms with Gasteiger partial charge in [-0.25, -0.2) is 23.0 Å². The second-order valence-electron chi connectivity index (χ2n) is 13.0. The number of nitrogens with zero attached hydrogens (tertiary/aromatic N) is 4. The summed E-state index contributed by atoms with van der Waals surface area (Å²) in [6.45, 7) is 2.46. The molecule has 0 amide bonds. The van der Waals surface area contributed by atoms with Gasteiger partial charge in [-0.2, -0.15) is 10.1 Å². The molecule has 0 bridgehead atoms. The smallest absolute Gasteiger partial charge is 0.462 e. The van der Waals surface area contributed by atoms with Gasteiger partial charge in [-0.15, -0.1) is 0 Å². The van der Waals surface area contributed by atoms with E-state index >= 15 is 4.39 Å². The van der Waals surface area contributed by atoms with E-state index in [1.165, 1.54) is 35.4 Å². The molecule has 3 atom stereocenters. The number of rotatable bonds is 31. The molecule has 3 unspecified atom stereocenters. The maximum Gasteiger partial charge on any atom is 0.473 e. The van der Waals surface area contributed by atoms with Crippen molar-refractivity contribution in [3.63, 3.8) is 0 Å². The van der Waals surface area contributed by atoms with Crippen molar-refractivity contribution in [2.24, 2.45) is 4.99 Å². The lowest BCUT2D eigenvalue weighted by atomic mass is 9.93. The number of phosphoric ester groups is 1. The molecule has 53 heavy (non-hydrogen) atoms. The number of nitrogens with one attached hydrogen (secondary N) is 1. The summed E-state index contributed by atoms with van der Waals surface area (Å²) in [6, 6.07) is 2.64. The van der Waals surface area contributed by atoms with Crippen LogP contribution in [0.5, 0.6) is 0 Å². The molecule has 0 saturated carbocycles. The van der Waals surface area contributed by atoms with Gasteiger partial charge in [0.2, 0.25) is 0 Å². The van der Waals surface area contributed by atoms with Crippen LogP contribution in [-0.4, -0.2) is 70.1 Å². The van der Waals surface area contributed by atoms with Gasteiger partial charge in [-0.05, 0) is 25.0 Å². The van der Waals surface area contributed by atoms with Crippen molar-refractivity contribution >= 4 is 32.4 Å². The lowest BCUT2D eigenvalue weighted by molar-refractivity contribution is -0.550. The third-order valence-electron chi connectivity index (χ3n) is 8.43. The lowest BCUT2D eigenvalue weighted by Gasteiger charge is -2.33. The van der Waals surface area contributed by atoms with Crippen LogP contribution in [0.25, 0.3) is 0 Å². The number of halogens is 2. The molecular formula is C36H58F2N6O8P+. The van der Waals surface area contributed by atoms with Crippen LogP contribution in [0.4, 0.5) is 8.78 Å². The highest BCUT2D eigenvalue weighted by atomic mass is 31.2. The molecule has 0 saturated heterocycles. The van der Waals surface area contributed by atoms with Crippen molar-refractivity contribution in [2.45, 2.75) is 135 Å². The molecule has 4 N–H and O–H groups in total. The maximum atomic E-state index is 15.4. The summed E-state index contributed by atoms with van der Waals surface area (Å²) in [7, 11) is -5.17. The minimum Gasteiger partial charge on any atom is -0.462 e. The fourth-order valence-corrected chi connectivity index (χ4v) is 6.73. The Kier molecular flexibility index (Phi) is 22.7. The molecule has 0 fully saturated rings. The van der Waals surface area contributed by atoms with Gasteiger partial charge in [0.15, 0.2) is 18.0 Å². The van der Waals surface area contributed by atoms with Crippen molar-refractivity contribution in [3.05, 3.63) is 48.1 Å². The molecule has 1 aromatic carbocycles. The molecule has 2 rings (SSSR count). The van der Waals surface area contributed by atoms with Gasteiger partial charge in [0.1, 0.15) is 43.8 Å². The first-order chi connectivity index (χ1) is 25.5. The Morgan fingerprint density at radius 2 is 1.60 bits per heavy atom. The third-order valence-corrected chi connectivity index (χ3v) is 9.49. The number of hydrogen-bond acceptors (Lipinski definition) is 10. The molecule has 2 aromatic rings. The first kappa shape index (κ1) is 45.7. The zero-order valence-electron chi connectivity index (χ0n) is 31.1. The van der Waals surface area contributed by atoms with Crippen LogP contribution in [0.15, 0.2) is 35.8 Å². The highest BCUT2D eigenvalue weighted by molar-refractivity contribution is 7.47. The van der Waals surface area contributed by atoms with E-state index < -0.39 is 56.3 Å². The fourth-order valence-electron chi connectivity index (χ4n) is 5.65. The second kappa shape index (κ2) is 26.4. The molecule has 0 radical (unpaired) electrons. The van der Waals surface area contributed by atoms with Crippen LogP contribution < -0.4 is 5.32 Å². The van der Waals surface area contributed by atoms with Gasteiger partial charge >= 0.3 is 19.8 Å². The number of phosphoric acid groups is 1. The Morgan fingerprint density at radius 3 is 2.19 bits per heavy atom. The summed E-state index contributed by atoms with van der Waals surface area (Å²) in [4.78, 5) is 44.0. The molecule has 17 heteroatoms. The molecule has 0 aliphatic rings. The minimum atomic E-state index is -5.17. The summed E-state index contributed by atoms with van der Waals surface area (Å²) in [6.07, 6.45) is 17.5. The molecule has 1 aromatic heterocycles. The maximum absolute atomic E-state index is 15.4. The van der Waals surface area contributed by atoms with Crippen molar-refractivity contribution < 1.29 is 51.7 Å². The summed E-state index contributed by atoms with van der Waals surface area (Å²) in [5, 5.41) is 12.5. The molecule has 14 nitrogen and oxygen atoms in total. The van der Waals surface area contributed by atoms with Gasteiger partial charge in [-0.1, -0.05) is 90.9 Å². The van der Waals surface area contributed by atoms with E-state index in [1.807, 2.05) is 0 Å². The van der Waals surface area contributed by atoms with E-state index in [0.717, 1.165) is 89.1 Å². The van der Waals surface area contributed by atoms with Crippen LogP contribution in [-0.2, 0) is 44.8 Å². The van der Waals surface area contributed by atoms with Crippen LogP contribution in [0.2, 0.25) is 0 Å². The third kappa shape index (κ3) is 19.5. The average molecular weight is 772 g/mol. The number of hydrogen-bond donors (Lipinski definition) is 3. The number of aromatic nitrogens is 3. The van der Waals surface area contributed by atoms with E-state index in [0.29, 0.717) is 18.9 Å². The fraction of sp³-hybridized carbons (Fsp3) is 0.667. The van der Waals surface area contributed by atoms with Crippen LogP contribution in [0, 0.1) is 17.0 Å². The number of ether oxygens (including phenoxy) is 2. The highest BCUT2D eigenvalue weighted by Crippen LogP contribution is 2.51. The Labute approximate surface area is 311 Å². The predicted molar refractivity (Wildman–Crippen MR) is 195 cm³/mol. The molecule has 298 valence electrons. The predicted octanol–water partition coefficient (Wildman–Crippen LogP) is 6.52. The highest BCUT2D eigenvalue weighted by Gasteiger charge is 2.46. The number of carbonyl (C=O) groups is 2. The topological polar surface area (TPSA) is 192 Å². The van der Waals surface area contributed by atoms with Crippen LogP contribution >= 0.6 is 7.82 Å². The van der Waals surface area contributed by atoms with Gasteiger partial charge in [0.25, 0.3) is 0 Å². The van der Waals surface area contributed by atoms with Gasteiger partial charge in [0, 0.05) is 24.5 Å². The molecule has 0 aliphatic heterocycles. The summed E-state index contributed by atoms with van der Waals surface area (Å²) < 4.78 is 66.2. The first-order valence-electron chi connectivity index (χ1n) is 18.7. The largest absolute Gasteiger partial charge is 0.473 e. The number of nitrogens with two attached hydrogens (primary N) is 1. The zero-order valence-corrected chi connectivity index (χ0v) is 32.0. The van der Waals surface area contributed by atoms with Crippen molar-refractivity contribution in [3.8, 4) is 0 Å². The number of aliphatic imine (C=N–C) groups is 1. The molecule has 0 spiro atoms. The number of carbonyl (C=O) groups excluding carboxylic acids is 2. The Balaban J connectivity index is 2.19. The van der Waals surface area contributed by atoms with Crippen molar-refractivity contribution in [1.82, 2.24) is 14.8 Å². The van der Waals surface area contributed by atoms with E-state index in [4.69, 9.17) is 23.9 Å². The van der Waals surface area contributed by atoms with E-state index in [2.05, 4.69) is 28.9 Å². The van der Waals surface area contributed by atoms with Crippen LogP contribution in [0.1, 0.15) is 122 Å². The normalized spacial score (nSPS) is 14.4. The number of quaternary nitrogens is 1. The van der Waals surface area contributed by atoms with E-state index in [9.17, 15) is 23.4 Å². The molecule has 1 heterocycles. The average Bonchev–Trinajstić information content (AvgIpc) is 3.63. The zero-order chi connectivity index (χ0) is 38.8. The van der Waals surface area contributed by atoms with Crippen LogP contribution in [0.3, 0.4) is 0 Å². The number of unbranched alkanes of at least 4 members (excludes halogenated alkanes) is 12. The standard InChI is InChI=1S/C36H57F2N6O8P/c1-3-5-7-9-11-13-15-17-34(45)49-22-31(51-35(46)18-16-14-12-10-8-6-4-2)23-50-53(47,48)52-36(24-40-27-41-26-39,25-44-29-42-28-43-44)32-20-19-30(37)21-33(32)38/h19-21,26-29,31H,3-18,22-25H2,1-2H3,(H,47,48)(H2,39,40,41)/p+1. The number of esters is 2. The van der Waals surface area contributed by atoms with Crippen molar-refractivity contribution in [2.75, 3.05) is 19.8 Å². The Bertz CT molecular complexity index is 1420. The second-order valence-corrected chi connectivity index (χ2v) is 14.3. The van der Waals surface area contributed by atoms with Crippen molar-refractivity contribution in [1.29, 1.82) is 5.41 Å². The lowest BCUT2D eigenvalue weighted by Crippen LogP contribution is -2.87. The van der Waals surface area contributed by atoms with Gasteiger partial charge in [-0.3, -0.25) is 24.0 Å². The summed E-state index contributed by atoms with van der Waals surface area (Å²) in [5.74, 6) is -3.05. The number of benzene rings is 1. The SMILES string of the molecule is CCCCCCCCCC(=O)OCC(COP(=O)(O)OC(C[NH2+]C=NC=N)(Cn1cncn1)c1ccc(F)cc1F)OC(=O)CCCCCCCCC. The summed E-state index contributed by atoms with van der Waals surface area (Å²) >= 11 is 0. The monoisotopic (exact) mass is 771 g/mol. The first-order valence-corrected chi connectivity index (χ1v) is 20.2. The molecular weight excluding hydrogens is 713 g/mol. The van der Waals surface area contributed by atoms with Gasteiger partial charge in [0.05, 0.1) is 13.2 Å². The Morgan fingerprint density at radius 1 is 0.981 bits per heavy atom. The quantitative estimate of drug-likeness (QED) is 0.0250.